The smallest absolute Gasteiger partial charge is 0.228 e. The largest absolute Gasteiger partial charge is 0.309 e. The van der Waals surface area contributed by atoms with Crippen molar-refractivity contribution >= 4 is 11.7 Å². The van der Waals surface area contributed by atoms with Gasteiger partial charge in [-0.15, -0.1) is 10.2 Å². The van der Waals surface area contributed by atoms with Crippen LogP contribution < -0.4 is 5.32 Å². The molecule has 2 aromatic rings. The zero-order valence-electron chi connectivity index (χ0n) is 18.9. The van der Waals surface area contributed by atoms with E-state index in [1.807, 2.05) is 32.3 Å². The topological polar surface area (TPSA) is 75.9 Å². The minimum atomic E-state index is 0.0957. The van der Waals surface area contributed by atoms with Gasteiger partial charge in [0, 0.05) is 32.6 Å². The standard InChI is InChI=1S/C25H32N6O/c1-15-11-26-30(2)24(15)22-5-6-23(29-28-22)27-25(32)18-9-20-13-31(14-21(20)10-18)12-19-8-16-3-4-17(19)7-16/h3-6,11,16-21H,7-10,12-14H2,1-2H3,(H,27,29,32)/t16?,17-,18?,19?,20?,21?/m1/s1. The number of carbonyl (C=O) groups is 1. The molecule has 0 aromatic carbocycles. The molecule has 5 atom stereocenters. The highest BCUT2D eigenvalue weighted by Gasteiger charge is 2.45. The molecular weight excluding hydrogens is 400 g/mol. The Labute approximate surface area is 189 Å². The first-order valence-corrected chi connectivity index (χ1v) is 12.1. The molecule has 3 aliphatic carbocycles. The molecule has 7 heteroatoms. The third kappa shape index (κ3) is 3.56. The number of amides is 1. The number of hydrogen-bond acceptors (Lipinski definition) is 5. The van der Waals surface area contributed by atoms with Gasteiger partial charge >= 0.3 is 0 Å². The minimum absolute atomic E-state index is 0.0957. The quantitative estimate of drug-likeness (QED) is 0.734. The van der Waals surface area contributed by atoms with E-state index in [4.69, 9.17) is 0 Å². The van der Waals surface area contributed by atoms with Crippen LogP contribution in [0.1, 0.15) is 31.2 Å². The molecule has 3 heterocycles. The van der Waals surface area contributed by atoms with Crippen LogP contribution in [0.3, 0.4) is 0 Å². The predicted octanol–water partition coefficient (Wildman–Crippen LogP) is 3.29. The lowest BCUT2D eigenvalue weighted by molar-refractivity contribution is -0.119. The highest BCUT2D eigenvalue weighted by atomic mass is 16.2. The molecule has 3 fully saturated rings. The average Bonchev–Trinajstić information content (AvgIpc) is 3.57. The molecule has 6 rings (SSSR count). The SMILES string of the molecule is Cc1cnn(C)c1-c1ccc(NC(=O)C2CC3CN(CC4CC5C=C[C@@H]4C5)CC3C2)nn1. The Bertz CT molecular complexity index is 1010. The molecule has 7 nitrogen and oxygen atoms in total. The molecule has 0 spiro atoms. The lowest BCUT2D eigenvalue weighted by Gasteiger charge is -2.26. The van der Waals surface area contributed by atoms with Crippen molar-refractivity contribution in [1.82, 2.24) is 24.9 Å². The van der Waals surface area contributed by atoms with Crippen LogP contribution in [0.5, 0.6) is 0 Å². The second kappa shape index (κ2) is 7.80. The van der Waals surface area contributed by atoms with E-state index in [0.717, 1.165) is 47.5 Å². The molecule has 1 aliphatic heterocycles. The summed E-state index contributed by atoms with van der Waals surface area (Å²) in [4.78, 5) is 15.6. The molecule has 168 valence electrons. The van der Waals surface area contributed by atoms with Gasteiger partial charge in [-0.3, -0.25) is 9.48 Å². The van der Waals surface area contributed by atoms with Crippen molar-refractivity contribution in [2.24, 2.45) is 42.6 Å². The third-order valence-electron chi connectivity index (χ3n) is 8.39. The molecule has 4 unspecified atom stereocenters. The summed E-state index contributed by atoms with van der Waals surface area (Å²) in [5, 5.41) is 15.8. The molecule has 1 amide bonds. The lowest BCUT2D eigenvalue weighted by atomic mass is 9.93. The van der Waals surface area contributed by atoms with Crippen LogP contribution in [0.2, 0.25) is 0 Å². The van der Waals surface area contributed by atoms with Gasteiger partial charge < -0.3 is 10.2 Å². The molecule has 2 aromatic heterocycles. The van der Waals surface area contributed by atoms with Gasteiger partial charge in [0.15, 0.2) is 5.82 Å². The monoisotopic (exact) mass is 432 g/mol. The normalized spacial score (nSPS) is 33.2. The number of aryl methyl sites for hydroxylation is 2. The van der Waals surface area contributed by atoms with Crippen molar-refractivity contribution in [2.45, 2.75) is 32.6 Å². The van der Waals surface area contributed by atoms with Crippen molar-refractivity contribution in [1.29, 1.82) is 0 Å². The second-order valence-electron chi connectivity index (χ2n) is 10.5. The average molecular weight is 433 g/mol. The Hall–Kier alpha value is -2.54. The first-order chi connectivity index (χ1) is 15.5. The molecule has 2 saturated carbocycles. The van der Waals surface area contributed by atoms with E-state index in [2.05, 4.69) is 37.7 Å². The van der Waals surface area contributed by atoms with E-state index in [-0.39, 0.29) is 11.8 Å². The molecule has 1 N–H and O–H groups in total. The van der Waals surface area contributed by atoms with Gasteiger partial charge in [-0.1, -0.05) is 12.2 Å². The number of carbonyl (C=O) groups excluding carboxylic acids is 1. The van der Waals surface area contributed by atoms with Crippen LogP contribution in [-0.4, -0.2) is 50.4 Å². The number of fused-ring (bicyclic) bond motifs is 3. The molecule has 0 radical (unpaired) electrons. The van der Waals surface area contributed by atoms with E-state index in [1.54, 1.807) is 4.68 Å². The summed E-state index contributed by atoms with van der Waals surface area (Å²) in [6, 6.07) is 3.74. The van der Waals surface area contributed by atoms with Gasteiger partial charge in [-0.25, -0.2) is 0 Å². The zero-order valence-corrected chi connectivity index (χ0v) is 18.9. The highest BCUT2D eigenvalue weighted by molar-refractivity contribution is 5.91. The van der Waals surface area contributed by atoms with Gasteiger partial charge in [0.25, 0.3) is 0 Å². The van der Waals surface area contributed by atoms with Gasteiger partial charge in [0.1, 0.15) is 5.69 Å². The summed E-state index contributed by atoms with van der Waals surface area (Å²) in [6.07, 6.45) is 11.5. The van der Waals surface area contributed by atoms with Crippen LogP contribution in [0.25, 0.3) is 11.4 Å². The van der Waals surface area contributed by atoms with Crippen LogP contribution in [-0.2, 0) is 11.8 Å². The van der Waals surface area contributed by atoms with Gasteiger partial charge in [-0.2, -0.15) is 5.10 Å². The Kier molecular flexibility index (Phi) is 4.90. The number of allylic oxidation sites excluding steroid dienone is 2. The molecular formula is C25H32N6O. The summed E-state index contributed by atoms with van der Waals surface area (Å²) >= 11 is 0. The molecule has 1 saturated heterocycles. The van der Waals surface area contributed by atoms with E-state index in [0.29, 0.717) is 17.7 Å². The first-order valence-electron chi connectivity index (χ1n) is 12.1. The van der Waals surface area contributed by atoms with E-state index in [1.165, 1.54) is 32.5 Å². The van der Waals surface area contributed by atoms with Crippen LogP contribution in [0.4, 0.5) is 5.82 Å². The number of aromatic nitrogens is 4. The number of nitrogens with one attached hydrogen (secondary N) is 1. The number of anilines is 1. The number of hydrogen-bond donors (Lipinski definition) is 1. The Morgan fingerprint density at radius 2 is 1.91 bits per heavy atom. The fourth-order valence-corrected chi connectivity index (χ4v) is 6.87. The van der Waals surface area contributed by atoms with Crippen LogP contribution in [0, 0.1) is 42.4 Å². The van der Waals surface area contributed by atoms with Crippen molar-refractivity contribution in [3.63, 3.8) is 0 Å². The Balaban J connectivity index is 1.02. The van der Waals surface area contributed by atoms with Crippen LogP contribution in [0.15, 0.2) is 30.5 Å². The second-order valence-corrected chi connectivity index (χ2v) is 10.5. The van der Waals surface area contributed by atoms with Crippen molar-refractivity contribution in [3.05, 3.63) is 36.0 Å². The van der Waals surface area contributed by atoms with E-state index in [9.17, 15) is 4.79 Å². The Morgan fingerprint density at radius 3 is 2.50 bits per heavy atom. The number of likely N-dealkylation sites (tertiary alicyclic amines) is 1. The fourth-order valence-electron chi connectivity index (χ4n) is 6.87. The van der Waals surface area contributed by atoms with Crippen LogP contribution >= 0.6 is 0 Å². The maximum absolute atomic E-state index is 12.9. The number of nitrogens with zero attached hydrogens (tertiary/aromatic N) is 5. The first kappa shape index (κ1) is 20.1. The highest BCUT2D eigenvalue weighted by Crippen LogP contribution is 2.46. The van der Waals surface area contributed by atoms with E-state index < -0.39 is 0 Å². The third-order valence-corrected chi connectivity index (χ3v) is 8.39. The summed E-state index contributed by atoms with van der Waals surface area (Å²) in [7, 11) is 1.90. The van der Waals surface area contributed by atoms with E-state index >= 15 is 0 Å². The molecule has 2 bridgehead atoms. The van der Waals surface area contributed by atoms with Crippen molar-refractivity contribution in [2.75, 3.05) is 25.0 Å². The van der Waals surface area contributed by atoms with Crippen molar-refractivity contribution < 1.29 is 4.79 Å². The zero-order chi connectivity index (χ0) is 21.8. The molecule has 4 aliphatic rings. The fraction of sp³-hybridized carbons (Fsp3) is 0.600. The number of rotatable bonds is 5. The van der Waals surface area contributed by atoms with Gasteiger partial charge in [0.2, 0.25) is 5.91 Å². The predicted molar refractivity (Wildman–Crippen MR) is 123 cm³/mol. The maximum atomic E-state index is 12.9. The van der Waals surface area contributed by atoms with Gasteiger partial charge in [-0.05, 0) is 79.9 Å². The molecule has 32 heavy (non-hydrogen) atoms. The van der Waals surface area contributed by atoms with Crippen molar-refractivity contribution in [3.8, 4) is 11.4 Å². The summed E-state index contributed by atoms with van der Waals surface area (Å²) in [5.74, 6) is 4.60. The summed E-state index contributed by atoms with van der Waals surface area (Å²) in [6.45, 7) is 5.61. The Morgan fingerprint density at radius 1 is 1.09 bits per heavy atom. The summed E-state index contributed by atoms with van der Waals surface area (Å²) in [5.41, 5.74) is 2.77. The minimum Gasteiger partial charge on any atom is -0.309 e. The lowest BCUT2D eigenvalue weighted by Crippen LogP contribution is -2.31. The van der Waals surface area contributed by atoms with Gasteiger partial charge in [0.05, 0.1) is 11.9 Å². The summed E-state index contributed by atoms with van der Waals surface area (Å²) < 4.78 is 1.80. The maximum Gasteiger partial charge on any atom is 0.228 e.